The summed E-state index contributed by atoms with van der Waals surface area (Å²) < 4.78 is 6.02. The van der Waals surface area contributed by atoms with Gasteiger partial charge in [-0.3, -0.25) is 9.79 Å². The second-order valence-electron chi connectivity index (χ2n) is 13.5. The van der Waals surface area contributed by atoms with E-state index < -0.39 is 12.2 Å². The summed E-state index contributed by atoms with van der Waals surface area (Å²) in [6.07, 6.45) is 8.95. The van der Waals surface area contributed by atoms with Crippen molar-refractivity contribution in [3.8, 4) is 0 Å². The number of carbonyl (C=O) groups is 1. The summed E-state index contributed by atoms with van der Waals surface area (Å²) in [5.74, 6) is 1.39. The zero-order valence-corrected chi connectivity index (χ0v) is 22.7. The number of rotatable bonds is 3. The van der Waals surface area contributed by atoms with E-state index in [4.69, 9.17) is 9.73 Å². The molecular weight excluding hydrogens is 438 g/mol. The number of carbonyl (C=O) groups excluding carboxylic acids is 1. The van der Waals surface area contributed by atoms with Gasteiger partial charge in [-0.05, 0) is 80.0 Å². The molecule has 3 fully saturated rings. The molecule has 1 aliphatic heterocycles. The van der Waals surface area contributed by atoms with Crippen LogP contribution in [0, 0.1) is 45.8 Å². The van der Waals surface area contributed by atoms with Gasteiger partial charge >= 0.3 is 5.97 Å². The van der Waals surface area contributed by atoms with Gasteiger partial charge in [0.1, 0.15) is 6.10 Å². The molecule has 0 aromatic carbocycles. The van der Waals surface area contributed by atoms with Crippen LogP contribution in [0.25, 0.3) is 0 Å². The average molecular weight is 486 g/mol. The van der Waals surface area contributed by atoms with Crippen LogP contribution in [-0.2, 0) is 9.53 Å². The molecule has 0 aromatic heterocycles. The number of aliphatic hydroxyl groups excluding tert-OH is 2. The molecule has 0 spiro atoms. The highest BCUT2D eigenvalue weighted by atomic mass is 16.6. The highest BCUT2D eigenvalue weighted by Crippen LogP contribution is 2.73. The fourth-order valence-electron chi connectivity index (χ4n) is 9.73. The summed E-state index contributed by atoms with van der Waals surface area (Å²) in [5, 5.41) is 22.5. The fourth-order valence-corrected chi connectivity index (χ4v) is 9.73. The largest absolute Gasteiger partial charge is 0.459 e. The minimum Gasteiger partial charge on any atom is -0.459 e. The van der Waals surface area contributed by atoms with Gasteiger partial charge in [0.2, 0.25) is 0 Å². The predicted molar refractivity (Wildman–Crippen MR) is 138 cm³/mol. The third-order valence-corrected chi connectivity index (χ3v) is 12.0. The van der Waals surface area contributed by atoms with Crippen LogP contribution >= 0.6 is 0 Å². The summed E-state index contributed by atoms with van der Waals surface area (Å²) in [4.78, 5) is 17.3. The van der Waals surface area contributed by atoms with Crippen LogP contribution in [0.2, 0.25) is 0 Å². The Kier molecular flexibility index (Phi) is 6.31. The van der Waals surface area contributed by atoms with Crippen LogP contribution < -0.4 is 0 Å². The van der Waals surface area contributed by atoms with E-state index in [1.165, 1.54) is 18.2 Å². The lowest BCUT2D eigenvalue weighted by Gasteiger charge is -2.63. The summed E-state index contributed by atoms with van der Waals surface area (Å²) in [6.45, 7) is 14.0. The number of allylic oxidation sites excluding steroid dienone is 1. The molecule has 2 N–H and O–H groups in total. The van der Waals surface area contributed by atoms with Gasteiger partial charge in [0, 0.05) is 36.4 Å². The Hall–Kier alpha value is -1.20. The minimum atomic E-state index is -0.688. The summed E-state index contributed by atoms with van der Waals surface area (Å²) in [6, 6.07) is 0. The van der Waals surface area contributed by atoms with Gasteiger partial charge in [0.05, 0.1) is 12.2 Å². The molecule has 5 heteroatoms. The van der Waals surface area contributed by atoms with E-state index in [2.05, 4.69) is 40.7 Å². The zero-order chi connectivity index (χ0) is 25.3. The van der Waals surface area contributed by atoms with E-state index in [-0.39, 0.29) is 40.2 Å². The Bertz CT molecular complexity index is 927. The van der Waals surface area contributed by atoms with E-state index >= 15 is 0 Å². The van der Waals surface area contributed by atoms with Crippen LogP contribution in [0.3, 0.4) is 0 Å². The first kappa shape index (κ1) is 25.4. The molecule has 5 rings (SSSR count). The monoisotopic (exact) mass is 485 g/mol. The molecular formula is C30H47NO4. The number of fused-ring (bicyclic) bond motifs is 5. The number of esters is 1. The number of hydrogen-bond acceptors (Lipinski definition) is 5. The van der Waals surface area contributed by atoms with Crippen molar-refractivity contribution >= 4 is 11.7 Å². The molecule has 1 heterocycles. The van der Waals surface area contributed by atoms with Gasteiger partial charge in [0.25, 0.3) is 0 Å². The van der Waals surface area contributed by atoms with Crippen molar-refractivity contribution in [2.45, 2.75) is 111 Å². The third-order valence-electron chi connectivity index (χ3n) is 12.0. The lowest BCUT2D eigenvalue weighted by Crippen LogP contribution is -2.58. The van der Waals surface area contributed by atoms with Gasteiger partial charge in [0.15, 0.2) is 0 Å². The standard InChI is InChI=1S/C30H47NO4/c1-17-7-10-24(31-16-17)18(2)25-26(35-19(3)32)27(34)30(6)23-9-8-20-15-21(33)11-13-28(20,4)22(23)12-14-29(25,30)5/h8,17-18,21-23,25-27,33-34H,7,9-16H2,1-6H3. The average Bonchev–Trinajstić information content (AvgIpc) is 2.97. The van der Waals surface area contributed by atoms with Gasteiger partial charge in [-0.1, -0.05) is 46.3 Å². The predicted octanol–water partition coefficient (Wildman–Crippen LogP) is 5.34. The fraction of sp³-hybridized carbons (Fsp3) is 0.867. The molecule has 0 bridgehead atoms. The Morgan fingerprint density at radius 2 is 1.89 bits per heavy atom. The topological polar surface area (TPSA) is 79.1 Å². The molecule has 35 heavy (non-hydrogen) atoms. The smallest absolute Gasteiger partial charge is 0.303 e. The molecule has 4 aliphatic carbocycles. The first-order valence-electron chi connectivity index (χ1n) is 14.2. The molecule has 11 atom stereocenters. The third kappa shape index (κ3) is 3.61. The highest BCUT2D eigenvalue weighted by Gasteiger charge is 2.72. The van der Waals surface area contributed by atoms with Crippen molar-refractivity contribution in [2.24, 2.45) is 50.8 Å². The summed E-state index contributed by atoms with van der Waals surface area (Å²) in [7, 11) is 0. The Morgan fingerprint density at radius 3 is 2.54 bits per heavy atom. The van der Waals surface area contributed by atoms with Crippen molar-refractivity contribution in [1.29, 1.82) is 0 Å². The van der Waals surface area contributed by atoms with E-state index in [0.717, 1.165) is 57.9 Å². The van der Waals surface area contributed by atoms with Crippen LogP contribution in [0.1, 0.15) is 92.9 Å². The number of nitrogens with zero attached hydrogens (tertiary/aromatic N) is 1. The number of hydrogen-bond donors (Lipinski definition) is 2. The molecule has 5 nitrogen and oxygen atoms in total. The van der Waals surface area contributed by atoms with Crippen LogP contribution in [0.15, 0.2) is 16.6 Å². The van der Waals surface area contributed by atoms with E-state index in [0.29, 0.717) is 17.8 Å². The van der Waals surface area contributed by atoms with Gasteiger partial charge in [-0.2, -0.15) is 0 Å². The SMILES string of the molecule is CC(=O)OC1C(C(C)C2=NCC(C)CC2)C2(C)CCC3C(CC=C4CC(O)CCC43C)C2(C)C1O. The molecule has 0 radical (unpaired) electrons. The van der Waals surface area contributed by atoms with Crippen molar-refractivity contribution in [2.75, 3.05) is 6.54 Å². The van der Waals surface area contributed by atoms with Gasteiger partial charge < -0.3 is 14.9 Å². The molecule has 0 amide bonds. The molecule has 3 saturated carbocycles. The maximum absolute atomic E-state index is 12.3. The van der Waals surface area contributed by atoms with E-state index in [1.54, 1.807) is 0 Å². The van der Waals surface area contributed by atoms with E-state index in [9.17, 15) is 15.0 Å². The second kappa shape index (κ2) is 8.68. The maximum Gasteiger partial charge on any atom is 0.303 e. The molecule has 5 aliphatic rings. The number of aliphatic imine (C=N–C) groups is 1. The van der Waals surface area contributed by atoms with Gasteiger partial charge in [-0.25, -0.2) is 0 Å². The van der Waals surface area contributed by atoms with Crippen molar-refractivity contribution < 1.29 is 19.7 Å². The summed E-state index contributed by atoms with van der Waals surface area (Å²) >= 11 is 0. The first-order chi connectivity index (χ1) is 16.4. The zero-order valence-electron chi connectivity index (χ0n) is 22.7. The molecule has 11 unspecified atom stereocenters. The maximum atomic E-state index is 12.3. The first-order valence-corrected chi connectivity index (χ1v) is 14.2. The Labute approximate surface area is 211 Å². The lowest BCUT2D eigenvalue weighted by atomic mass is 9.42. The highest BCUT2D eigenvalue weighted by molar-refractivity contribution is 5.87. The Morgan fingerprint density at radius 1 is 1.14 bits per heavy atom. The summed E-state index contributed by atoms with van der Waals surface area (Å²) in [5.41, 5.74) is 2.29. The van der Waals surface area contributed by atoms with Crippen molar-refractivity contribution in [1.82, 2.24) is 0 Å². The normalized spacial score (nSPS) is 50.2. The molecule has 0 aromatic rings. The Balaban J connectivity index is 1.56. The minimum absolute atomic E-state index is 0.0610. The van der Waals surface area contributed by atoms with Gasteiger partial charge in [-0.15, -0.1) is 0 Å². The van der Waals surface area contributed by atoms with Crippen molar-refractivity contribution in [3.05, 3.63) is 11.6 Å². The van der Waals surface area contributed by atoms with Crippen LogP contribution in [0.5, 0.6) is 0 Å². The molecule has 0 saturated heterocycles. The quantitative estimate of drug-likeness (QED) is 0.418. The van der Waals surface area contributed by atoms with E-state index in [1.807, 2.05) is 0 Å². The number of aliphatic hydroxyl groups is 2. The second-order valence-corrected chi connectivity index (χ2v) is 13.5. The molecule has 196 valence electrons. The van der Waals surface area contributed by atoms with Crippen LogP contribution in [0.4, 0.5) is 0 Å². The van der Waals surface area contributed by atoms with Crippen LogP contribution in [-0.4, -0.2) is 46.8 Å². The lowest BCUT2D eigenvalue weighted by molar-refractivity contribution is -0.161. The number of ether oxygens (including phenoxy) is 1. The van der Waals surface area contributed by atoms with Crippen molar-refractivity contribution in [3.63, 3.8) is 0 Å².